The maximum absolute atomic E-state index is 13.2. The molecule has 8 heteroatoms. The van der Waals surface area contributed by atoms with Crippen molar-refractivity contribution in [1.82, 2.24) is 14.9 Å². The van der Waals surface area contributed by atoms with Gasteiger partial charge in [0.2, 0.25) is 10.0 Å². The average molecular weight is 394 g/mol. The Morgan fingerprint density at radius 3 is 2.54 bits per heavy atom. The van der Waals surface area contributed by atoms with Gasteiger partial charge in [-0.15, -0.1) is 0 Å². The van der Waals surface area contributed by atoms with Crippen LogP contribution in [-0.4, -0.2) is 45.3 Å². The molecular formula is C18H20ClN3O3S. The Labute approximate surface area is 158 Å². The van der Waals surface area contributed by atoms with Gasteiger partial charge in [0.05, 0.1) is 10.9 Å². The van der Waals surface area contributed by atoms with Gasteiger partial charge in [0.15, 0.2) is 0 Å². The van der Waals surface area contributed by atoms with E-state index < -0.39 is 10.0 Å². The summed E-state index contributed by atoms with van der Waals surface area (Å²) in [6, 6.07) is 12.8. The smallest absolute Gasteiger partial charge is 0.251 e. The molecule has 2 N–H and O–H groups in total. The first-order valence-corrected chi connectivity index (χ1v) is 10.1. The molecule has 1 amide bonds. The van der Waals surface area contributed by atoms with Gasteiger partial charge < -0.3 is 10.6 Å². The summed E-state index contributed by atoms with van der Waals surface area (Å²) in [5, 5.41) is 6.28. The highest BCUT2D eigenvalue weighted by atomic mass is 35.5. The highest BCUT2D eigenvalue weighted by molar-refractivity contribution is 7.89. The summed E-state index contributed by atoms with van der Waals surface area (Å²) in [5.74, 6) is -0.259. The molecular weight excluding hydrogens is 374 g/mol. The van der Waals surface area contributed by atoms with E-state index in [1.165, 1.54) is 35.6 Å². The number of rotatable bonds is 4. The zero-order chi connectivity index (χ0) is 18.7. The largest absolute Gasteiger partial charge is 0.355 e. The van der Waals surface area contributed by atoms with E-state index >= 15 is 0 Å². The van der Waals surface area contributed by atoms with Crippen molar-refractivity contribution in [2.45, 2.75) is 10.9 Å². The fourth-order valence-corrected chi connectivity index (χ4v) is 4.91. The Kier molecular flexibility index (Phi) is 5.62. The Morgan fingerprint density at radius 2 is 1.88 bits per heavy atom. The Bertz CT molecular complexity index is 900. The Balaban J connectivity index is 1.96. The van der Waals surface area contributed by atoms with E-state index in [0.29, 0.717) is 30.2 Å². The summed E-state index contributed by atoms with van der Waals surface area (Å²) < 4.78 is 27.8. The van der Waals surface area contributed by atoms with E-state index in [4.69, 9.17) is 11.6 Å². The minimum absolute atomic E-state index is 0.157. The van der Waals surface area contributed by atoms with Crippen molar-refractivity contribution in [2.75, 3.05) is 26.7 Å². The van der Waals surface area contributed by atoms with Crippen LogP contribution in [0.15, 0.2) is 53.4 Å². The third-order valence-corrected chi connectivity index (χ3v) is 6.68. The molecule has 1 aliphatic heterocycles. The summed E-state index contributed by atoms with van der Waals surface area (Å²) >= 11 is 6.30. The number of carbonyl (C=O) groups is 1. The molecule has 138 valence electrons. The molecule has 2 aromatic carbocycles. The highest BCUT2D eigenvalue weighted by Crippen LogP contribution is 2.32. The van der Waals surface area contributed by atoms with Gasteiger partial charge in [-0.05, 0) is 35.9 Å². The number of nitrogens with zero attached hydrogens (tertiary/aromatic N) is 1. The highest BCUT2D eigenvalue weighted by Gasteiger charge is 2.35. The van der Waals surface area contributed by atoms with Crippen molar-refractivity contribution >= 4 is 27.5 Å². The number of hydrogen-bond donors (Lipinski definition) is 2. The molecule has 0 aliphatic carbocycles. The summed E-state index contributed by atoms with van der Waals surface area (Å²) in [5.41, 5.74) is 1.18. The maximum Gasteiger partial charge on any atom is 0.251 e. The monoisotopic (exact) mass is 393 g/mol. The lowest BCUT2D eigenvalue weighted by Crippen LogP contribution is -2.48. The molecule has 1 heterocycles. The van der Waals surface area contributed by atoms with Crippen LogP contribution >= 0.6 is 11.6 Å². The Morgan fingerprint density at radius 1 is 1.19 bits per heavy atom. The van der Waals surface area contributed by atoms with Gasteiger partial charge in [-0.3, -0.25) is 4.79 Å². The molecule has 1 atom stereocenters. The molecule has 1 unspecified atom stereocenters. The SMILES string of the molecule is CNC(=O)c1ccc(S(=O)(=O)N2CCNCC2c2ccccc2Cl)cc1. The van der Waals surface area contributed by atoms with Crippen molar-refractivity contribution in [1.29, 1.82) is 0 Å². The average Bonchev–Trinajstić information content (AvgIpc) is 2.68. The number of nitrogens with one attached hydrogen (secondary N) is 2. The van der Waals surface area contributed by atoms with E-state index in [0.717, 1.165) is 5.56 Å². The number of amides is 1. The van der Waals surface area contributed by atoms with E-state index in [9.17, 15) is 13.2 Å². The number of hydrogen-bond acceptors (Lipinski definition) is 4. The topological polar surface area (TPSA) is 78.5 Å². The maximum atomic E-state index is 13.2. The van der Waals surface area contributed by atoms with Crippen LogP contribution in [0.25, 0.3) is 0 Å². The molecule has 1 fully saturated rings. The fourth-order valence-electron chi connectivity index (χ4n) is 3.04. The number of benzene rings is 2. The number of sulfonamides is 1. The molecule has 6 nitrogen and oxygen atoms in total. The molecule has 0 aromatic heterocycles. The van der Waals surface area contributed by atoms with Crippen LogP contribution in [0.4, 0.5) is 0 Å². The first-order chi connectivity index (χ1) is 12.4. The van der Waals surface area contributed by atoms with Crippen molar-refractivity contribution in [2.24, 2.45) is 0 Å². The standard InChI is InChI=1S/C18H20ClN3O3S/c1-20-18(23)13-6-8-14(9-7-13)26(24,25)22-11-10-21-12-17(22)15-4-2-3-5-16(15)19/h2-9,17,21H,10-12H2,1H3,(H,20,23). The van der Waals surface area contributed by atoms with Crippen LogP contribution < -0.4 is 10.6 Å². The summed E-state index contributed by atoms with van der Waals surface area (Å²) in [6.45, 7) is 1.39. The minimum atomic E-state index is -3.72. The van der Waals surface area contributed by atoms with E-state index in [1.807, 2.05) is 18.2 Å². The van der Waals surface area contributed by atoms with E-state index in [1.54, 1.807) is 6.07 Å². The summed E-state index contributed by atoms with van der Waals surface area (Å²) in [7, 11) is -2.19. The van der Waals surface area contributed by atoms with Crippen molar-refractivity contribution in [3.8, 4) is 0 Å². The third-order valence-electron chi connectivity index (χ3n) is 4.41. The van der Waals surface area contributed by atoms with Crippen LogP contribution in [-0.2, 0) is 10.0 Å². The molecule has 1 aliphatic rings. The second-order valence-electron chi connectivity index (χ2n) is 5.96. The fraction of sp³-hybridized carbons (Fsp3) is 0.278. The van der Waals surface area contributed by atoms with Gasteiger partial charge in [-0.25, -0.2) is 8.42 Å². The number of piperazine rings is 1. The molecule has 0 spiro atoms. The van der Waals surface area contributed by atoms with Crippen molar-refractivity contribution in [3.63, 3.8) is 0 Å². The molecule has 1 saturated heterocycles. The summed E-state index contributed by atoms with van der Waals surface area (Å²) in [6.07, 6.45) is 0. The van der Waals surface area contributed by atoms with Gasteiger partial charge in [0.1, 0.15) is 0 Å². The lowest BCUT2D eigenvalue weighted by Gasteiger charge is -2.35. The van der Waals surface area contributed by atoms with Gasteiger partial charge in [-0.1, -0.05) is 29.8 Å². The Hall–Kier alpha value is -1.93. The lowest BCUT2D eigenvalue weighted by molar-refractivity contribution is 0.0963. The normalized spacial score (nSPS) is 18.5. The van der Waals surface area contributed by atoms with Gasteiger partial charge in [0.25, 0.3) is 5.91 Å². The van der Waals surface area contributed by atoms with Crippen LogP contribution in [0.5, 0.6) is 0 Å². The predicted molar refractivity (Wildman–Crippen MR) is 101 cm³/mol. The van der Waals surface area contributed by atoms with E-state index in [2.05, 4.69) is 10.6 Å². The molecule has 2 aromatic rings. The van der Waals surface area contributed by atoms with Crippen molar-refractivity contribution < 1.29 is 13.2 Å². The number of halogens is 1. The zero-order valence-electron chi connectivity index (χ0n) is 14.3. The van der Waals surface area contributed by atoms with Crippen LogP contribution in [0.2, 0.25) is 5.02 Å². The van der Waals surface area contributed by atoms with Crippen LogP contribution in [0, 0.1) is 0 Å². The second-order valence-corrected chi connectivity index (χ2v) is 8.26. The molecule has 26 heavy (non-hydrogen) atoms. The zero-order valence-corrected chi connectivity index (χ0v) is 15.8. The molecule has 0 radical (unpaired) electrons. The number of carbonyl (C=O) groups excluding carboxylic acids is 1. The van der Waals surface area contributed by atoms with Gasteiger partial charge in [0, 0.05) is 37.3 Å². The quantitative estimate of drug-likeness (QED) is 0.833. The molecule has 0 bridgehead atoms. The first kappa shape index (κ1) is 18.8. The van der Waals surface area contributed by atoms with Gasteiger partial charge >= 0.3 is 0 Å². The van der Waals surface area contributed by atoms with Crippen molar-refractivity contribution in [3.05, 3.63) is 64.7 Å². The molecule has 0 saturated carbocycles. The van der Waals surface area contributed by atoms with E-state index in [-0.39, 0.29) is 16.8 Å². The molecule has 3 rings (SSSR count). The second kappa shape index (κ2) is 7.75. The summed E-state index contributed by atoms with van der Waals surface area (Å²) in [4.78, 5) is 11.8. The third kappa shape index (κ3) is 3.61. The van der Waals surface area contributed by atoms with Gasteiger partial charge in [-0.2, -0.15) is 4.31 Å². The van der Waals surface area contributed by atoms with Crippen LogP contribution in [0.3, 0.4) is 0 Å². The minimum Gasteiger partial charge on any atom is -0.355 e. The van der Waals surface area contributed by atoms with Crippen LogP contribution in [0.1, 0.15) is 22.0 Å². The lowest BCUT2D eigenvalue weighted by atomic mass is 10.1. The first-order valence-electron chi connectivity index (χ1n) is 8.24. The predicted octanol–water partition coefficient (Wildman–Crippen LogP) is 2.03.